The number of rotatable bonds is 4. The summed E-state index contributed by atoms with van der Waals surface area (Å²) >= 11 is 5.43. The molecular formula is C11H16ClNO2. The maximum atomic E-state index is 11.2. The zero-order valence-electron chi connectivity index (χ0n) is 8.53. The van der Waals surface area contributed by atoms with E-state index < -0.39 is 5.97 Å². The second-order valence-electron chi connectivity index (χ2n) is 4.49. The lowest BCUT2D eigenvalue weighted by atomic mass is 9.84. The summed E-state index contributed by atoms with van der Waals surface area (Å²) in [5.41, 5.74) is 1.47. The van der Waals surface area contributed by atoms with Gasteiger partial charge < -0.3 is 10.4 Å². The molecule has 2 aliphatic carbocycles. The molecule has 0 aromatic heterocycles. The summed E-state index contributed by atoms with van der Waals surface area (Å²) < 4.78 is 0. The highest BCUT2D eigenvalue weighted by Gasteiger charge is 2.50. The van der Waals surface area contributed by atoms with E-state index in [0.29, 0.717) is 18.4 Å². The van der Waals surface area contributed by atoms with Crippen molar-refractivity contribution >= 4 is 17.6 Å². The van der Waals surface area contributed by atoms with Crippen LogP contribution in [0.1, 0.15) is 19.3 Å². The van der Waals surface area contributed by atoms with Crippen LogP contribution in [0.15, 0.2) is 11.6 Å². The maximum Gasteiger partial charge on any atom is 0.308 e. The van der Waals surface area contributed by atoms with Gasteiger partial charge >= 0.3 is 5.97 Å². The van der Waals surface area contributed by atoms with Gasteiger partial charge in [-0.25, -0.2) is 0 Å². The summed E-state index contributed by atoms with van der Waals surface area (Å²) in [5.74, 6) is 0.117. The van der Waals surface area contributed by atoms with Crippen molar-refractivity contribution in [2.45, 2.75) is 25.3 Å². The largest absolute Gasteiger partial charge is 0.481 e. The smallest absolute Gasteiger partial charge is 0.308 e. The molecule has 0 amide bonds. The van der Waals surface area contributed by atoms with Gasteiger partial charge in [0.1, 0.15) is 0 Å². The molecule has 0 aromatic carbocycles. The van der Waals surface area contributed by atoms with Crippen molar-refractivity contribution in [3.05, 3.63) is 11.6 Å². The van der Waals surface area contributed by atoms with Gasteiger partial charge in [-0.05, 0) is 31.1 Å². The van der Waals surface area contributed by atoms with E-state index in [1.54, 1.807) is 0 Å². The van der Waals surface area contributed by atoms with Crippen molar-refractivity contribution in [1.82, 2.24) is 5.32 Å². The lowest BCUT2D eigenvalue weighted by Gasteiger charge is -2.28. The second kappa shape index (κ2) is 4.54. The average molecular weight is 230 g/mol. The Kier molecular flexibility index (Phi) is 3.32. The van der Waals surface area contributed by atoms with E-state index >= 15 is 0 Å². The molecule has 2 N–H and O–H groups in total. The molecule has 2 rings (SSSR count). The molecule has 4 atom stereocenters. The fourth-order valence-corrected chi connectivity index (χ4v) is 3.28. The monoisotopic (exact) mass is 229 g/mol. The number of nitrogens with one attached hydrogen (secondary N) is 1. The first kappa shape index (κ1) is 11.0. The molecule has 0 radical (unpaired) electrons. The molecule has 0 spiro atoms. The van der Waals surface area contributed by atoms with Crippen molar-refractivity contribution in [2.75, 3.05) is 6.54 Å². The summed E-state index contributed by atoms with van der Waals surface area (Å²) in [7, 11) is 0. The minimum atomic E-state index is -0.644. The summed E-state index contributed by atoms with van der Waals surface area (Å²) in [4.78, 5) is 11.2. The van der Waals surface area contributed by atoms with Crippen molar-refractivity contribution < 1.29 is 9.90 Å². The van der Waals surface area contributed by atoms with Gasteiger partial charge in [0.2, 0.25) is 0 Å². The summed E-state index contributed by atoms with van der Waals surface area (Å²) in [6, 6.07) is 0.147. The van der Waals surface area contributed by atoms with E-state index in [9.17, 15) is 9.90 Å². The molecule has 0 aliphatic heterocycles. The van der Waals surface area contributed by atoms with Gasteiger partial charge in [0, 0.05) is 18.1 Å². The molecule has 2 bridgehead atoms. The van der Waals surface area contributed by atoms with E-state index in [4.69, 9.17) is 11.6 Å². The number of carboxylic acids is 1. The Balaban J connectivity index is 1.99. The molecule has 4 unspecified atom stereocenters. The predicted octanol–water partition coefficient (Wildman–Crippen LogP) is 1.83. The van der Waals surface area contributed by atoms with Crippen molar-refractivity contribution in [1.29, 1.82) is 0 Å². The summed E-state index contributed by atoms with van der Waals surface area (Å²) in [6.45, 7) is 0.668. The Hall–Kier alpha value is -0.540. The number of hydrogen-bond donors (Lipinski definition) is 2. The van der Waals surface area contributed by atoms with Crippen LogP contribution in [0.4, 0.5) is 0 Å². The van der Waals surface area contributed by atoms with E-state index in [1.807, 2.05) is 6.08 Å². The number of carbonyl (C=O) groups is 1. The molecule has 0 aromatic rings. The average Bonchev–Trinajstić information content (AvgIpc) is 2.77. The topological polar surface area (TPSA) is 49.3 Å². The molecule has 3 nitrogen and oxygen atoms in total. The highest BCUT2D eigenvalue weighted by Crippen LogP contribution is 2.48. The molecular weight excluding hydrogens is 214 g/mol. The fraction of sp³-hybridized carbons (Fsp3) is 0.727. The Bertz CT molecular complexity index is 280. The van der Waals surface area contributed by atoms with Crippen LogP contribution in [0.2, 0.25) is 0 Å². The third kappa shape index (κ3) is 2.04. The van der Waals surface area contributed by atoms with E-state index in [1.165, 1.54) is 12.0 Å². The van der Waals surface area contributed by atoms with Crippen LogP contribution in [-0.2, 0) is 4.79 Å². The number of hydrogen-bond acceptors (Lipinski definition) is 2. The minimum Gasteiger partial charge on any atom is -0.481 e. The molecule has 2 aliphatic rings. The normalized spacial score (nSPS) is 39.0. The van der Waals surface area contributed by atoms with Crippen LogP contribution < -0.4 is 5.32 Å². The zero-order valence-corrected chi connectivity index (χ0v) is 9.28. The molecule has 15 heavy (non-hydrogen) atoms. The van der Waals surface area contributed by atoms with Crippen LogP contribution in [0.3, 0.4) is 0 Å². The first-order chi connectivity index (χ1) is 7.24. The molecule has 2 saturated carbocycles. The zero-order chi connectivity index (χ0) is 10.8. The van der Waals surface area contributed by atoms with Gasteiger partial charge in [0.25, 0.3) is 0 Å². The van der Waals surface area contributed by atoms with Gasteiger partial charge in [-0.3, -0.25) is 4.79 Å². The first-order valence-corrected chi connectivity index (χ1v) is 5.89. The number of aliphatic carboxylic acids is 1. The highest BCUT2D eigenvalue weighted by atomic mass is 35.5. The standard InChI is InChI=1S/C11H16ClNO2/c12-4-1-5-13-10-8-3-2-7(6-8)9(10)11(14)15/h1,4,7-10,13H,2-3,5-6H2,(H,14,15). The molecule has 2 fully saturated rings. The SMILES string of the molecule is O=C(O)C1C2CCC(C2)C1NCC=CCl. The number of halogens is 1. The van der Waals surface area contributed by atoms with Gasteiger partial charge in [0.15, 0.2) is 0 Å². The molecule has 84 valence electrons. The van der Waals surface area contributed by atoms with Crippen LogP contribution in [0.25, 0.3) is 0 Å². The molecule has 0 heterocycles. The predicted molar refractivity (Wildman–Crippen MR) is 58.7 cm³/mol. The quantitative estimate of drug-likeness (QED) is 0.773. The lowest BCUT2D eigenvalue weighted by molar-refractivity contribution is -0.144. The molecule has 0 saturated heterocycles. The van der Waals surface area contributed by atoms with Crippen molar-refractivity contribution in [3.63, 3.8) is 0 Å². The lowest BCUT2D eigenvalue weighted by Crippen LogP contribution is -2.44. The van der Waals surface area contributed by atoms with Crippen LogP contribution in [-0.4, -0.2) is 23.7 Å². The highest BCUT2D eigenvalue weighted by molar-refractivity contribution is 6.25. The summed E-state index contributed by atoms with van der Waals surface area (Å²) in [5, 5.41) is 12.5. The third-order valence-corrected chi connectivity index (χ3v) is 3.94. The van der Waals surface area contributed by atoms with Crippen LogP contribution in [0.5, 0.6) is 0 Å². The first-order valence-electron chi connectivity index (χ1n) is 5.45. The third-order valence-electron chi connectivity index (χ3n) is 3.76. The Morgan fingerprint density at radius 1 is 1.47 bits per heavy atom. The molecule has 4 heteroatoms. The Labute approximate surface area is 94.5 Å². The van der Waals surface area contributed by atoms with Crippen LogP contribution in [0, 0.1) is 17.8 Å². The maximum absolute atomic E-state index is 11.2. The summed E-state index contributed by atoms with van der Waals surface area (Å²) in [6.07, 6.45) is 5.16. The van der Waals surface area contributed by atoms with Gasteiger partial charge in [-0.2, -0.15) is 0 Å². The van der Waals surface area contributed by atoms with Crippen LogP contribution >= 0.6 is 11.6 Å². The van der Waals surface area contributed by atoms with Crippen molar-refractivity contribution in [2.24, 2.45) is 17.8 Å². The number of fused-ring (bicyclic) bond motifs is 2. The Morgan fingerprint density at radius 2 is 2.20 bits per heavy atom. The van der Waals surface area contributed by atoms with E-state index in [2.05, 4.69) is 5.32 Å². The Morgan fingerprint density at radius 3 is 2.87 bits per heavy atom. The van der Waals surface area contributed by atoms with Crippen molar-refractivity contribution in [3.8, 4) is 0 Å². The van der Waals surface area contributed by atoms with E-state index in [-0.39, 0.29) is 12.0 Å². The van der Waals surface area contributed by atoms with Gasteiger partial charge in [-0.1, -0.05) is 17.7 Å². The van der Waals surface area contributed by atoms with E-state index in [0.717, 1.165) is 12.8 Å². The second-order valence-corrected chi connectivity index (χ2v) is 4.74. The number of carboxylic acid groups (broad SMARTS) is 1. The minimum absolute atomic E-state index is 0.147. The van der Waals surface area contributed by atoms with Gasteiger partial charge in [0.05, 0.1) is 5.92 Å². The fourth-order valence-electron chi connectivity index (χ4n) is 3.19. The van der Waals surface area contributed by atoms with Gasteiger partial charge in [-0.15, -0.1) is 0 Å².